The lowest BCUT2D eigenvalue weighted by Crippen LogP contribution is -2.12. The molecule has 0 bridgehead atoms. The van der Waals surface area contributed by atoms with E-state index in [1.165, 1.54) is 24.8 Å². The Labute approximate surface area is 100 Å². The fraction of sp³-hybridized carbons (Fsp3) is 0.625. The van der Waals surface area contributed by atoms with Crippen molar-refractivity contribution in [1.29, 1.82) is 0 Å². The molecule has 1 aliphatic rings. The zero-order valence-corrected chi connectivity index (χ0v) is 11.4. The molecule has 1 aromatic carbocycles. The zero-order valence-electron chi connectivity index (χ0n) is 11.4. The van der Waals surface area contributed by atoms with Gasteiger partial charge in [0.15, 0.2) is 0 Å². The van der Waals surface area contributed by atoms with E-state index >= 15 is 0 Å². The Morgan fingerprint density at radius 2 is 2.00 bits per heavy atom. The van der Waals surface area contributed by atoms with Crippen molar-refractivity contribution in [1.82, 2.24) is 0 Å². The molecule has 16 heavy (non-hydrogen) atoms. The quantitative estimate of drug-likeness (QED) is 0.670. The van der Waals surface area contributed by atoms with Crippen LogP contribution in [0.4, 0.5) is 0 Å². The van der Waals surface area contributed by atoms with Crippen molar-refractivity contribution < 1.29 is 0 Å². The normalized spacial score (nSPS) is 19.6. The molecule has 0 nitrogen and oxygen atoms in total. The van der Waals surface area contributed by atoms with Gasteiger partial charge in [-0.15, -0.1) is 0 Å². The van der Waals surface area contributed by atoms with Crippen molar-refractivity contribution in [2.75, 3.05) is 0 Å². The molecule has 88 valence electrons. The number of rotatable bonds is 2. The average molecular weight is 216 g/mol. The lowest BCUT2D eigenvalue weighted by Gasteiger charge is -2.22. The van der Waals surface area contributed by atoms with E-state index < -0.39 is 0 Å². The Balaban J connectivity index is 2.51. The van der Waals surface area contributed by atoms with Gasteiger partial charge in [0.05, 0.1) is 0 Å². The highest BCUT2D eigenvalue weighted by Gasteiger charge is 2.30. The van der Waals surface area contributed by atoms with Gasteiger partial charge < -0.3 is 0 Å². The highest BCUT2D eigenvalue weighted by atomic mass is 14.3. The molecule has 1 aromatic rings. The van der Waals surface area contributed by atoms with Gasteiger partial charge in [-0.3, -0.25) is 0 Å². The van der Waals surface area contributed by atoms with Gasteiger partial charge in [-0.25, -0.2) is 0 Å². The van der Waals surface area contributed by atoms with Crippen molar-refractivity contribution in [2.45, 2.75) is 65.2 Å². The molecule has 1 aliphatic carbocycles. The molecule has 2 rings (SSSR count). The summed E-state index contributed by atoms with van der Waals surface area (Å²) in [5.41, 5.74) is 6.65. The summed E-state index contributed by atoms with van der Waals surface area (Å²) in [7, 11) is 0. The molecule has 0 heteroatoms. The molecule has 0 spiro atoms. The van der Waals surface area contributed by atoms with Gasteiger partial charge >= 0.3 is 0 Å². The Kier molecular flexibility index (Phi) is 2.86. The van der Waals surface area contributed by atoms with Crippen LogP contribution in [0.5, 0.6) is 0 Å². The second kappa shape index (κ2) is 3.91. The minimum atomic E-state index is 0.394. The van der Waals surface area contributed by atoms with Gasteiger partial charge in [-0.05, 0) is 59.8 Å². The summed E-state index contributed by atoms with van der Waals surface area (Å²) in [4.78, 5) is 0. The van der Waals surface area contributed by atoms with Crippen LogP contribution in [-0.4, -0.2) is 0 Å². The first-order chi connectivity index (χ1) is 7.45. The molecule has 1 atom stereocenters. The lowest BCUT2D eigenvalue weighted by atomic mass is 9.83. The highest BCUT2D eigenvalue weighted by Crippen LogP contribution is 2.40. The first kappa shape index (κ1) is 11.7. The first-order valence-corrected chi connectivity index (χ1v) is 6.59. The van der Waals surface area contributed by atoms with Crippen LogP contribution in [-0.2, 0) is 11.8 Å². The van der Waals surface area contributed by atoms with E-state index in [4.69, 9.17) is 0 Å². The molecular formula is C16H24. The van der Waals surface area contributed by atoms with Crippen molar-refractivity contribution in [3.8, 4) is 0 Å². The number of hydrogen-bond acceptors (Lipinski definition) is 0. The van der Waals surface area contributed by atoms with E-state index in [2.05, 4.69) is 46.8 Å². The number of benzene rings is 1. The van der Waals surface area contributed by atoms with E-state index in [0.29, 0.717) is 11.3 Å². The first-order valence-electron chi connectivity index (χ1n) is 6.59. The van der Waals surface area contributed by atoms with Gasteiger partial charge in [0.1, 0.15) is 0 Å². The van der Waals surface area contributed by atoms with Crippen molar-refractivity contribution in [3.05, 3.63) is 34.4 Å². The van der Waals surface area contributed by atoms with E-state index in [9.17, 15) is 0 Å². The third-order valence-electron chi connectivity index (χ3n) is 4.38. The van der Waals surface area contributed by atoms with E-state index in [1.807, 2.05) is 0 Å². The van der Waals surface area contributed by atoms with Crippen LogP contribution in [0.15, 0.2) is 12.1 Å². The van der Waals surface area contributed by atoms with Crippen LogP contribution in [0.2, 0.25) is 0 Å². The van der Waals surface area contributed by atoms with Crippen molar-refractivity contribution in [3.63, 3.8) is 0 Å². The van der Waals surface area contributed by atoms with Crippen LogP contribution in [0.3, 0.4) is 0 Å². The van der Waals surface area contributed by atoms with Crippen LogP contribution in [0.1, 0.15) is 68.7 Å². The summed E-state index contributed by atoms with van der Waals surface area (Å²) < 4.78 is 0. The Morgan fingerprint density at radius 3 is 2.62 bits per heavy atom. The summed E-state index contributed by atoms with van der Waals surface area (Å²) in [6, 6.07) is 4.93. The Bertz CT molecular complexity index is 399. The van der Waals surface area contributed by atoms with Gasteiger partial charge in [-0.1, -0.05) is 39.8 Å². The molecule has 0 radical (unpaired) electrons. The Hall–Kier alpha value is -0.780. The number of aryl methyl sites for hydroxylation is 2. The standard InChI is InChI=1S/C16H24/c1-6-11(2)14-10-15-13(9-12(14)3)7-8-16(15,4)5/h9-11H,6-8H2,1-5H3. The van der Waals surface area contributed by atoms with Crippen LogP contribution >= 0.6 is 0 Å². The third-order valence-corrected chi connectivity index (χ3v) is 4.38. The van der Waals surface area contributed by atoms with Crippen LogP contribution in [0.25, 0.3) is 0 Å². The monoisotopic (exact) mass is 216 g/mol. The highest BCUT2D eigenvalue weighted by molar-refractivity contribution is 5.45. The minimum absolute atomic E-state index is 0.394. The second-order valence-electron chi connectivity index (χ2n) is 6.06. The largest absolute Gasteiger partial charge is 0.0648 e. The molecule has 0 saturated carbocycles. The van der Waals surface area contributed by atoms with Gasteiger partial charge in [0.2, 0.25) is 0 Å². The predicted molar refractivity (Wildman–Crippen MR) is 71.2 cm³/mol. The van der Waals surface area contributed by atoms with Crippen LogP contribution < -0.4 is 0 Å². The number of fused-ring (bicyclic) bond motifs is 1. The molecular weight excluding hydrogens is 192 g/mol. The summed E-state index contributed by atoms with van der Waals surface area (Å²) >= 11 is 0. The topological polar surface area (TPSA) is 0 Å². The van der Waals surface area contributed by atoms with E-state index in [-0.39, 0.29) is 0 Å². The zero-order chi connectivity index (χ0) is 11.9. The van der Waals surface area contributed by atoms with Gasteiger partial charge in [0.25, 0.3) is 0 Å². The van der Waals surface area contributed by atoms with Crippen LogP contribution in [0, 0.1) is 6.92 Å². The molecule has 0 heterocycles. The fourth-order valence-corrected chi connectivity index (χ4v) is 2.95. The lowest BCUT2D eigenvalue weighted by molar-refractivity contribution is 0.521. The second-order valence-corrected chi connectivity index (χ2v) is 6.06. The number of hydrogen-bond donors (Lipinski definition) is 0. The predicted octanol–water partition coefficient (Wildman–Crippen LogP) is 4.73. The molecule has 0 N–H and O–H groups in total. The van der Waals surface area contributed by atoms with Crippen molar-refractivity contribution in [2.24, 2.45) is 0 Å². The molecule has 0 fully saturated rings. The summed E-state index contributed by atoms with van der Waals surface area (Å²) in [6.45, 7) is 11.7. The molecule has 0 aromatic heterocycles. The molecule has 0 aliphatic heterocycles. The molecule has 0 amide bonds. The van der Waals surface area contributed by atoms with E-state index in [0.717, 1.165) is 0 Å². The van der Waals surface area contributed by atoms with Gasteiger partial charge in [0, 0.05) is 0 Å². The molecule has 0 saturated heterocycles. The third kappa shape index (κ3) is 1.79. The van der Waals surface area contributed by atoms with Crippen molar-refractivity contribution >= 4 is 0 Å². The van der Waals surface area contributed by atoms with Gasteiger partial charge in [-0.2, -0.15) is 0 Å². The fourth-order valence-electron chi connectivity index (χ4n) is 2.95. The average Bonchev–Trinajstić information content (AvgIpc) is 2.52. The smallest absolute Gasteiger partial charge is 0.00976 e. The minimum Gasteiger partial charge on any atom is -0.0648 e. The summed E-state index contributed by atoms with van der Waals surface area (Å²) in [5.74, 6) is 0.696. The molecule has 1 unspecified atom stereocenters. The van der Waals surface area contributed by atoms with E-state index in [1.54, 1.807) is 16.7 Å². The summed E-state index contributed by atoms with van der Waals surface area (Å²) in [6.07, 6.45) is 3.82. The summed E-state index contributed by atoms with van der Waals surface area (Å²) in [5, 5.41) is 0. The maximum atomic E-state index is 2.49. The maximum absolute atomic E-state index is 2.49. The SMILES string of the molecule is CCC(C)c1cc2c(cc1C)CCC2(C)C. The maximum Gasteiger partial charge on any atom is -0.00976 e. The Morgan fingerprint density at radius 1 is 1.31 bits per heavy atom.